The lowest BCUT2D eigenvalue weighted by Gasteiger charge is -2.01. The molecule has 0 aromatic heterocycles. The van der Waals surface area contributed by atoms with Gasteiger partial charge < -0.3 is 10.4 Å². The van der Waals surface area contributed by atoms with E-state index in [-0.39, 0.29) is 0 Å². The summed E-state index contributed by atoms with van der Waals surface area (Å²) < 4.78 is 0. The predicted octanol–water partition coefficient (Wildman–Crippen LogP) is -0.731. The van der Waals surface area contributed by atoms with Gasteiger partial charge in [0.05, 0.1) is 0 Å². The molecule has 0 aliphatic rings. The second kappa shape index (κ2) is 3.38. The first-order valence-corrected chi connectivity index (χ1v) is 2.47. The molecule has 0 saturated heterocycles. The van der Waals surface area contributed by atoms with Crippen LogP contribution in [0.25, 0.3) is 5.53 Å². The van der Waals surface area contributed by atoms with E-state index < -0.39 is 11.6 Å². The highest BCUT2D eigenvalue weighted by Crippen LogP contribution is 1.78. The maximum atomic E-state index is 10.7. The molecule has 0 unspecified atom stereocenters. The molecule has 0 saturated carbocycles. The van der Waals surface area contributed by atoms with E-state index in [9.17, 15) is 4.79 Å². The van der Waals surface area contributed by atoms with Crippen molar-refractivity contribution in [2.45, 2.75) is 0 Å². The summed E-state index contributed by atoms with van der Waals surface area (Å²) in [5.41, 5.74) is 7.55. The molecule has 0 atom stereocenters. The topological polar surface area (TPSA) is 80.5 Å². The third kappa shape index (κ3) is 1.69. The number of nitrogens with zero attached hydrogens (tertiary/aromatic N) is 4. The van der Waals surface area contributed by atoms with Crippen LogP contribution in [0, 0.1) is 11.3 Å². The zero-order valence-corrected chi connectivity index (χ0v) is 5.70. The minimum atomic E-state index is -0.606. The Hall–Kier alpha value is -1.66. The average molecular weight is 138 g/mol. The Morgan fingerprint density at radius 1 is 1.70 bits per heavy atom. The van der Waals surface area contributed by atoms with Crippen LogP contribution in [0.1, 0.15) is 0 Å². The molecular formula is C5H6N4O. The van der Waals surface area contributed by atoms with Crippen molar-refractivity contribution in [3.05, 3.63) is 5.53 Å². The van der Waals surface area contributed by atoms with Gasteiger partial charge in [0.2, 0.25) is 0 Å². The van der Waals surface area contributed by atoms with Gasteiger partial charge in [-0.15, -0.1) is 4.79 Å². The van der Waals surface area contributed by atoms with Gasteiger partial charge in [0.15, 0.2) is 6.07 Å². The minimum absolute atomic E-state index is 0.509. The molecule has 0 aliphatic heterocycles. The van der Waals surface area contributed by atoms with Crippen molar-refractivity contribution in [2.24, 2.45) is 0 Å². The van der Waals surface area contributed by atoms with Crippen LogP contribution < -0.4 is 0 Å². The molecule has 0 spiro atoms. The number of hydrogen-bond acceptors (Lipinski definition) is 2. The second-order valence-electron chi connectivity index (χ2n) is 1.76. The van der Waals surface area contributed by atoms with Gasteiger partial charge in [-0.3, -0.25) is 4.79 Å². The lowest BCUT2D eigenvalue weighted by Crippen LogP contribution is -2.29. The molecule has 0 aliphatic carbocycles. The van der Waals surface area contributed by atoms with Gasteiger partial charge in [-0.05, 0) is 0 Å². The van der Waals surface area contributed by atoms with Crippen LogP contribution in [0.4, 0.5) is 0 Å². The first-order chi connectivity index (χ1) is 4.63. The van der Waals surface area contributed by atoms with Gasteiger partial charge in [-0.25, -0.2) is 0 Å². The van der Waals surface area contributed by atoms with E-state index in [4.69, 9.17) is 10.8 Å². The summed E-state index contributed by atoms with van der Waals surface area (Å²) in [6.07, 6.45) is 0. The van der Waals surface area contributed by atoms with Crippen molar-refractivity contribution in [2.75, 3.05) is 14.1 Å². The molecule has 5 heteroatoms. The Kier molecular flexibility index (Phi) is 2.82. The molecule has 0 fully saturated rings. The van der Waals surface area contributed by atoms with Gasteiger partial charge in [0.25, 0.3) is 0 Å². The second-order valence-corrected chi connectivity index (χ2v) is 1.76. The maximum Gasteiger partial charge on any atom is 0.455 e. The average Bonchev–Trinajstić information content (AvgIpc) is 1.90. The van der Waals surface area contributed by atoms with E-state index in [1.54, 1.807) is 0 Å². The summed E-state index contributed by atoms with van der Waals surface area (Å²) >= 11 is 0. The third-order valence-corrected chi connectivity index (χ3v) is 0.815. The van der Waals surface area contributed by atoms with E-state index in [1.807, 2.05) is 0 Å². The normalized spacial score (nSPS) is 7.30. The SMILES string of the molecule is CN(C)C(=O)C(C#N)=[N+]=[N-]. The summed E-state index contributed by atoms with van der Waals surface area (Å²) in [6.45, 7) is 0. The fourth-order valence-corrected chi connectivity index (χ4v) is 0.325. The van der Waals surface area contributed by atoms with Crippen LogP contribution in [0.3, 0.4) is 0 Å². The Balaban J connectivity index is 4.54. The zero-order valence-electron chi connectivity index (χ0n) is 5.70. The summed E-state index contributed by atoms with van der Waals surface area (Å²) in [7, 11) is 2.93. The molecule has 5 nitrogen and oxygen atoms in total. The molecule has 0 rings (SSSR count). The zero-order chi connectivity index (χ0) is 8.15. The third-order valence-electron chi connectivity index (χ3n) is 0.815. The smallest absolute Gasteiger partial charge is 0.360 e. The van der Waals surface area contributed by atoms with Crippen molar-refractivity contribution in [1.29, 1.82) is 5.26 Å². The van der Waals surface area contributed by atoms with Gasteiger partial charge in [0, 0.05) is 14.1 Å². The van der Waals surface area contributed by atoms with Gasteiger partial charge in [0.1, 0.15) is 0 Å². The molecule has 0 heterocycles. The lowest BCUT2D eigenvalue weighted by molar-refractivity contribution is -0.125. The largest absolute Gasteiger partial charge is 0.455 e. The van der Waals surface area contributed by atoms with E-state index >= 15 is 0 Å². The van der Waals surface area contributed by atoms with Crippen molar-refractivity contribution in [1.82, 2.24) is 4.90 Å². The Labute approximate surface area is 58.1 Å². The molecule has 10 heavy (non-hydrogen) atoms. The minimum Gasteiger partial charge on any atom is -0.360 e. The standard InChI is InChI=1S/C5H6N4O/c1-9(2)5(10)4(3-6)8-7/h1-2H3. The predicted molar refractivity (Wildman–Crippen MR) is 32.9 cm³/mol. The van der Waals surface area contributed by atoms with Crippen molar-refractivity contribution in [3.63, 3.8) is 0 Å². The first kappa shape index (κ1) is 8.34. The first-order valence-electron chi connectivity index (χ1n) is 2.47. The van der Waals surface area contributed by atoms with Crippen molar-refractivity contribution < 1.29 is 9.58 Å². The molecule has 0 aromatic carbocycles. The van der Waals surface area contributed by atoms with Gasteiger partial charge >= 0.3 is 11.6 Å². The highest BCUT2D eigenvalue weighted by Gasteiger charge is 2.20. The summed E-state index contributed by atoms with van der Waals surface area (Å²) in [5.74, 6) is -0.606. The van der Waals surface area contributed by atoms with E-state index in [1.165, 1.54) is 20.2 Å². The Morgan fingerprint density at radius 2 is 2.20 bits per heavy atom. The van der Waals surface area contributed by atoms with Gasteiger partial charge in [-0.2, -0.15) is 5.26 Å². The van der Waals surface area contributed by atoms with Crippen LogP contribution in [-0.2, 0) is 4.79 Å². The van der Waals surface area contributed by atoms with Crippen LogP contribution in [-0.4, -0.2) is 35.4 Å². The molecular weight excluding hydrogens is 132 g/mol. The molecule has 0 aromatic rings. The number of carbonyl (C=O) groups is 1. The van der Waals surface area contributed by atoms with Crippen LogP contribution in [0.5, 0.6) is 0 Å². The molecule has 0 radical (unpaired) electrons. The summed E-state index contributed by atoms with van der Waals surface area (Å²) in [6, 6.07) is 1.44. The Bertz CT molecular complexity index is 231. The monoisotopic (exact) mass is 138 g/mol. The maximum absolute atomic E-state index is 10.7. The van der Waals surface area contributed by atoms with E-state index in [0.29, 0.717) is 0 Å². The van der Waals surface area contributed by atoms with Crippen molar-refractivity contribution >= 4 is 11.6 Å². The van der Waals surface area contributed by atoms with Crippen LogP contribution in [0.15, 0.2) is 0 Å². The van der Waals surface area contributed by atoms with E-state index in [0.717, 1.165) is 4.90 Å². The molecule has 1 amide bonds. The lowest BCUT2D eigenvalue weighted by atomic mass is 10.4. The number of rotatable bonds is 1. The Morgan fingerprint density at radius 3 is 2.30 bits per heavy atom. The number of hydrogen-bond donors (Lipinski definition) is 0. The summed E-state index contributed by atoms with van der Waals surface area (Å²) in [5, 5.41) is 8.16. The number of nitriles is 1. The van der Waals surface area contributed by atoms with E-state index in [2.05, 4.69) is 4.79 Å². The van der Waals surface area contributed by atoms with Crippen LogP contribution in [0.2, 0.25) is 0 Å². The fourth-order valence-electron chi connectivity index (χ4n) is 0.325. The van der Waals surface area contributed by atoms with Crippen LogP contribution >= 0.6 is 0 Å². The summed E-state index contributed by atoms with van der Waals surface area (Å²) in [4.78, 5) is 14.4. The number of carbonyl (C=O) groups excluding carboxylic acids is 1. The molecule has 0 N–H and O–H groups in total. The highest BCUT2D eigenvalue weighted by molar-refractivity contribution is 6.42. The molecule has 0 bridgehead atoms. The quantitative estimate of drug-likeness (QED) is 0.272. The van der Waals surface area contributed by atoms with Gasteiger partial charge in [-0.1, -0.05) is 0 Å². The van der Waals surface area contributed by atoms with Crippen molar-refractivity contribution in [3.8, 4) is 6.07 Å². The molecule has 52 valence electrons. The highest BCUT2D eigenvalue weighted by atomic mass is 16.2. The number of amides is 1. The fraction of sp³-hybridized carbons (Fsp3) is 0.400.